The molecule has 30 heavy (non-hydrogen) atoms. The van der Waals surface area contributed by atoms with Crippen molar-refractivity contribution in [3.8, 4) is 5.75 Å². The third-order valence-corrected chi connectivity index (χ3v) is 5.64. The van der Waals surface area contributed by atoms with Gasteiger partial charge < -0.3 is 19.9 Å². The first-order valence-electron chi connectivity index (χ1n) is 9.15. The number of aliphatic carboxylic acids is 1. The fourth-order valence-electron chi connectivity index (χ4n) is 3.01. The van der Waals surface area contributed by atoms with Gasteiger partial charge in [-0.05, 0) is 30.7 Å². The minimum absolute atomic E-state index is 0.199. The summed E-state index contributed by atoms with van der Waals surface area (Å²) in [5, 5.41) is 11.6. The zero-order valence-electron chi connectivity index (χ0n) is 16.1. The zero-order valence-corrected chi connectivity index (χ0v) is 16.9. The number of amides is 2. The SMILES string of the molecule is CCOC(=O)C=CC1=C(C(=O)O)N2C(=O)C(NC(=O)COc3ccccc3)[C@@H]2SC1. The summed E-state index contributed by atoms with van der Waals surface area (Å²) in [5.41, 5.74) is 0.123. The molecule has 2 N–H and O–H groups in total. The molecular formula is C20H20N2O7S. The number of carboxylic acid groups (broad SMARTS) is 1. The Balaban J connectivity index is 1.64. The van der Waals surface area contributed by atoms with E-state index in [1.165, 1.54) is 17.8 Å². The molecule has 3 rings (SSSR count). The Hall–Kier alpha value is -3.27. The van der Waals surface area contributed by atoms with E-state index in [4.69, 9.17) is 9.47 Å². The van der Waals surface area contributed by atoms with Crippen LogP contribution in [0.3, 0.4) is 0 Å². The summed E-state index contributed by atoms with van der Waals surface area (Å²) in [7, 11) is 0. The van der Waals surface area contributed by atoms with Crippen LogP contribution in [0, 0.1) is 0 Å². The monoisotopic (exact) mass is 432 g/mol. The van der Waals surface area contributed by atoms with Gasteiger partial charge in [-0.25, -0.2) is 9.59 Å². The molecule has 10 heteroatoms. The smallest absolute Gasteiger partial charge is 0.352 e. The van der Waals surface area contributed by atoms with E-state index in [1.807, 2.05) is 6.07 Å². The number of hydrogen-bond acceptors (Lipinski definition) is 7. The van der Waals surface area contributed by atoms with Gasteiger partial charge in [0.25, 0.3) is 11.8 Å². The normalized spacial score (nSPS) is 20.4. The zero-order chi connectivity index (χ0) is 21.7. The highest BCUT2D eigenvalue weighted by atomic mass is 32.2. The highest BCUT2D eigenvalue weighted by Crippen LogP contribution is 2.40. The topological polar surface area (TPSA) is 122 Å². The summed E-state index contributed by atoms with van der Waals surface area (Å²) in [6.07, 6.45) is 2.48. The Labute approximate surface area is 176 Å². The first-order valence-corrected chi connectivity index (χ1v) is 10.2. The Bertz CT molecular complexity index is 913. The van der Waals surface area contributed by atoms with Crippen LogP contribution in [-0.2, 0) is 23.9 Å². The molecule has 1 aromatic carbocycles. The second kappa shape index (κ2) is 9.49. The molecule has 0 aliphatic carbocycles. The predicted octanol–water partition coefficient (Wildman–Crippen LogP) is 0.923. The van der Waals surface area contributed by atoms with Crippen LogP contribution in [0.5, 0.6) is 5.75 Å². The lowest BCUT2D eigenvalue weighted by molar-refractivity contribution is -0.150. The quantitative estimate of drug-likeness (QED) is 0.353. The number of nitrogens with zero attached hydrogens (tertiary/aromatic N) is 1. The molecule has 2 atom stereocenters. The molecule has 1 aromatic rings. The summed E-state index contributed by atoms with van der Waals surface area (Å²) in [6, 6.07) is 7.93. The van der Waals surface area contributed by atoms with Crippen molar-refractivity contribution in [3.63, 3.8) is 0 Å². The van der Waals surface area contributed by atoms with Gasteiger partial charge in [-0.2, -0.15) is 0 Å². The lowest BCUT2D eigenvalue weighted by Gasteiger charge is -2.49. The number of esters is 1. The van der Waals surface area contributed by atoms with Crippen LogP contribution in [0.1, 0.15) is 6.92 Å². The van der Waals surface area contributed by atoms with Gasteiger partial charge in [0.15, 0.2) is 6.61 Å². The number of hydrogen-bond donors (Lipinski definition) is 2. The molecule has 2 aliphatic rings. The number of nitrogens with one attached hydrogen (secondary N) is 1. The number of thioether (sulfide) groups is 1. The highest BCUT2D eigenvalue weighted by Gasteiger charge is 2.53. The molecule has 158 valence electrons. The number of β-lactam (4-membered cyclic amide) rings is 1. The number of allylic oxidation sites excluding steroid dienone is 1. The molecule has 2 amide bonds. The summed E-state index contributed by atoms with van der Waals surface area (Å²) < 4.78 is 10.1. The minimum atomic E-state index is -1.28. The van der Waals surface area contributed by atoms with E-state index in [0.717, 1.165) is 11.0 Å². The molecular weight excluding hydrogens is 412 g/mol. The van der Waals surface area contributed by atoms with Crippen LogP contribution in [0.15, 0.2) is 53.8 Å². The maximum Gasteiger partial charge on any atom is 0.352 e. The van der Waals surface area contributed by atoms with Gasteiger partial charge in [-0.1, -0.05) is 18.2 Å². The van der Waals surface area contributed by atoms with Crippen molar-refractivity contribution in [1.29, 1.82) is 0 Å². The number of rotatable bonds is 8. The lowest BCUT2D eigenvalue weighted by atomic mass is 10.0. The molecule has 0 radical (unpaired) electrons. The third-order valence-electron chi connectivity index (χ3n) is 4.34. The van der Waals surface area contributed by atoms with Crippen LogP contribution >= 0.6 is 11.8 Å². The van der Waals surface area contributed by atoms with Crippen molar-refractivity contribution < 1.29 is 33.8 Å². The maximum atomic E-state index is 12.6. The van der Waals surface area contributed by atoms with Crippen molar-refractivity contribution >= 4 is 35.5 Å². The lowest BCUT2D eigenvalue weighted by Crippen LogP contribution is -2.70. The molecule has 0 bridgehead atoms. The molecule has 9 nitrogen and oxygen atoms in total. The summed E-state index contributed by atoms with van der Waals surface area (Å²) in [6.45, 7) is 1.60. The Morgan fingerprint density at radius 3 is 2.70 bits per heavy atom. The Morgan fingerprint density at radius 2 is 2.03 bits per heavy atom. The molecule has 1 fully saturated rings. The van der Waals surface area contributed by atoms with Crippen LogP contribution in [0.25, 0.3) is 0 Å². The van der Waals surface area contributed by atoms with Gasteiger partial charge in [0, 0.05) is 11.8 Å². The Morgan fingerprint density at radius 1 is 1.30 bits per heavy atom. The van der Waals surface area contributed by atoms with E-state index in [-0.39, 0.29) is 24.7 Å². The third kappa shape index (κ3) is 4.65. The maximum absolute atomic E-state index is 12.6. The van der Waals surface area contributed by atoms with Crippen molar-refractivity contribution in [2.24, 2.45) is 0 Å². The molecule has 2 heterocycles. The number of carbonyl (C=O) groups is 4. The average molecular weight is 432 g/mol. The standard InChI is InChI=1S/C20H20N2O7S/c1-2-28-15(24)9-8-12-11-30-19-16(18(25)22(19)17(12)20(26)27)21-14(23)10-29-13-6-4-3-5-7-13/h3-9,16,19H,2,10-11H2,1H3,(H,21,23)(H,26,27)/t16?,19-/m0/s1. The van der Waals surface area contributed by atoms with E-state index >= 15 is 0 Å². The van der Waals surface area contributed by atoms with Crippen LogP contribution in [0.4, 0.5) is 0 Å². The van der Waals surface area contributed by atoms with Crippen molar-refractivity contribution in [1.82, 2.24) is 10.2 Å². The van der Waals surface area contributed by atoms with Crippen LogP contribution in [-0.4, -0.2) is 64.1 Å². The van der Waals surface area contributed by atoms with E-state index in [2.05, 4.69) is 5.32 Å². The predicted molar refractivity (Wildman–Crippen MR) is 107 cm³/mol. The van der Waals surface area contributed by atoms with Gasteiger partial charge in [0.1, 0.15) is 22.9 Å². The van der Waals surface area contributed by atoms with E-state index in [0.29, 0.717) is 11.3 Å². The number of ether oxygens (including phenoxy) is 2. The number of benzene rings is 1. The number of para-hydroxylation sites is 1. The number of carbonyl (C=O) groups excluding carboxylic acids is 3. The molecule has 0 aromatic heterocycles. The summed E-state index contributed by atoms with van der Waals surface area (Å²) >= 11 is 1.30. The summed E-state index contributed by atoms with van der Waals surface area (Å²) in [5.74, 6) is -2.10. The summed E-state index contributed by atoms with van der Waals surface area (Å²) in [4.78, 5) is 49.1. The second-order valence-electron chi connectivity index (χ2n) is 6.32. The highest BCUT2D eigenvalue weighted by molar-refractivity contribution is 8.00. The first kappa shape index (κ1) is 21.4. The van der Waals surface area contributed by atoms with Gasteiger partial charge in [0.2, 0.25) is 0 Å². The first-order chi connectivity index (χ1) is 14.4. The number of carboxylic acids is 1. The minimum Gasteiger partial charge on any atom is -0.484 e. The average Bonchev–Trinajstić information content (AvgIpc) is 2.74. The van der Waals surface area contributed by atoms with Crippen LogP contribution in [0.2, 0.25) is 0 Å². The molecule has 0 spiro atoms. The fourth-order valence-corrected chi connectivity index (χ4v) is 4.33. The second-order valence-corrected chi connectivity index (χ2v) is 7.43. The largest absolute Gasteiger partial charge is 0.484 e. The van der Waals surface area contributed by atoms with Crippen molar-refractivity contribution in [2.45, 2.75) is 18.3 Å². The van der Waals surface area contributed by atoms with Crippen LogP contribution < -0.4 is 10.1 Å². The molecule has 1 saturated heterocycles. The fraction of sp³-hybridized carbons (Fsp3) is 0.300. The van der Waals surface area contributed by atoms with Crippen molar-refractivity contribution in [2.75, 3.05) is 19.0 Å². The molecule has 2 aliphatic heterocycles. The van der Waals surface area contributed by atoms with Crippen molar-refractivity contribution in [3.05, 3.63) is 53.8 Å². The van der Waals surface area contributed by atoms with Gasteiger partial charge in [-0.15, -0.1) is 11.8 Å². The van der Waals surface area contributed by atoms with Gasteiger partial charge >= 0.3 is 11.9 Å². The molecule has 1 unspecified atom stereocenters. The molecule has 0 saturated carbocycles. The van der Waals surface area contributed by atoms with E-state index < -0.39 is 35.2 Å². The Kier molecular flexibility index (Phi) is 6.78. The van der Waals surface area contributed by atoms with E-state index in [9.17, 15) is 24.3 Å². The van der Waals surface area contributed by atoms with Gasteiger partial charge in [0.05, 0.1) is 6.61 Å². The van der Waals surface area contributed by atoms with Gasteiger partial charge in [-0.3, -0.25) is 14.5 Å². The number of fused-ring (bicyclic) bond motifs is 1. The van der Waals surface area contributed by atoms with E-state index in [1.54, 1.807) is 31.2 Å².